The third-order valence-corrected chi connectivity index (χ3v) is 4.17. The predicted molar refractivity (Wildman–Crippen MR) is 115 cm³/mol. The van der Waals surface area contributed by atoms with E-state index in [1.54, 1.807) is 13.2 Å². The number of guanidine groups is 1. The van der Waals surface area contributed by atoms with Gasteiger partial charge in [0.05, 0.1) is 13.7 Å². The van der Waals surface area contributed by atoms with Gasteiger partial charge in [-0.1, -0.05) is 29.8 Å². The fraction of sp³-hybridized carbons (Fsp3) is 0.364. The van der Waals surface area contributed by atoms with E-state index in [1.165, 1.54) is 5.56 Å². The Balaban J connectivity index is 1.95. The molecule has 0 radical (unpaired) electrons. The Morgan fingerprint density at radius 1 is 1.17 bits per heavy atom. The molecule has 0 aliphatic carbocycles. The van der Waals surface area contributed by atoms with Gasteiger partial charge in [-0.25, -0.2) is 4.99 Å². The van der Waals surface area contributed by atoms with Crippen LogP contribution in [0.2, 0.25) is 0 Å². The van der Waals surface area contributed by atoms with Crippen molar-refractivity contribution >= 4 is 11.9 Å². The maximum atomic E-state index is 10.9. The zero-order valence-corrected chi connectivity index (χ0v) is 17.3. The molecule has 2 aromatic rings. The van der Waals surface area contributed by atoms with Gasteiger partial charge in [-0.2, -0.15) is 0 Å². The molecule has 0 aliphatic heterocycles. The Labute approximate surface area is 172 Å². The number of primary amides is 1. The number of nitrogens with one attached hydrogen (secondary N) is 2. The van der Waals surface area contributed by atoms with Crippen LogP contribution in [0.1, 0.15) is 23.6 Å². The van der Waals surface area contributed by atoms with Crippen molar-refractivity contribution in [2.24, 2.45) is 10.7 Å². The van der Waals surface area contributed by atoms with Gasteiger partial charge >= 0.3 is 0 Å². The first-order chi connectivity index (χ1) is 14.0. The molecule has 0 unspecified atom stereocenters. The summed E-state index contributed by atoms with van der Waals surface area (Å²) in [6, 6.07) is 13.7. The average Bonchev–Trinajstić information content (AvgIpc) is 2.71. The second kappa shape index (κ2) is 11.6. The molecule has 0 fully saturated rings. The second-order valence-electron chi connectivity index (χ2n) is 6.59. The fourth-order valence-corrected chi connectivity index (χ4v) is 2.82. The largest absolute Gasteiger partial charge is 0.496 e. The van der Waals surface area contributed by atoms with E-state index in [0.717, 1.165) is 42.3 Å². The van der Waals surface area contributed by atoms with Crippen molar-refractivity contribution in [3.8, 4) is 11.5 Å². The van der Waals surface area contributed by atoms with Gasteiger partial charge in [0.15, 0.2) is 12.6 Å². The summed E-state index contributed by atoms with van der Waals surface area (Å²) in [5.41, 5.74) is 8.46. The van der Waals surface area contributed by atoms with Gasteiger partial charge in [0.25, 0.3) is 5.91 Å². The molecule has 2 aromatic carbocycles. The lowest BCUT2D eigenvalue weighted by atomic mass is 10.1. The van der Waals surface area contributed by atoms with Gasteiger partial charge in [-0.3, -0.25) is 4.79 Å². The van der Waals surface area contributed by atoms with Crippen molar-refractivity contribution in [1.82, 2.24) is 10.6 Å². The van der Waals surface area contributed by atoms with Crippen LogP contribution in [-0.2, 0) is 17.8 Å². The number of nitrogens with zero attached hydrogens (tertiary/aromatic N) is 1. The summed E-state index contributed by atoms with van der Waals surface area (Å²) in [4.78, 5) is 15.5. The molecule has 0 bridgehead atoms. The highest BCUT2D eigenvalue weighted by molar-refractivity contribution is 5.79. The highest BCUT2D eigenvalue weighted by Crippen LogP contribution is 2.19. The van der Waals surface area contributed by atoms with E-state index < -0.39 is 5.91 Å². The summed E-state index contributed by atoms with van der Waals surface area (Å²) in [6.07, 6.45) is 0.825. The minimum absolute atomic E-state index is 0.140. The number of aryl methyl sites for hydroxylation is 1. The Hall–Kier alpha value is -3.22. The number of carbonyl (C=O) groups is 1. The van der Waals surface area contributed by atoms with Crippen LogP contribution in [0.15, 0.2) is 47.5 Å². The third kappa shape index (κ3) is 7.73. The Bertz CT molecular complexity index is 837. The molecular formula is C22H30N4O3. The maximum Gasteiger partial charge on any atom is 0.255 e. The molecule has 0 spiro atoms. The summed E-state index contributed by atoms with van der Waals surface area (Å²) < 4.78 is 10.8. The summed E-state index contributed by atoms with van der Waals surface area (Å²) in [7, 11) is 1.69. The lowest BCUT2D eigenvalue weighted by Gasteiger charge is -2.13. The molecule has 0 atom stereocenters. The fourth-order valence-electron chi connectivity index (χ4n) is 2.82. The van der Waals surface area contributed by atoms with E-state index in [0.29, 0.717) is 12.3 Å². The molecule has 29 heavy (non-hydrogen) atoms. The zero-order valence-electron chi connectivity index (χ0n) is 17.3. The molecule has 0 heterocycles. The van der Waals surface area contributed by atoms with Crippen molar-refractivity contribution in [1.29, 1.82) is 0 Å². The Morgan fingerprint density at radius 3 is 2.72 bits per heavy atom. The molecule has 7 heteroatoms. The number of aliphatic imine (C=N–C) groups is 1. The monoisotopic (exact) mass is 398 g/mol. The summed E-state index contributed by atoms with van der Waals surface area (Å²) >= 11 is 0. The van der Waals surface area contributed by atoms with Gasteiger partial charge in [-0.15, -0.1) is 0 Å². The van der Waals surface area contributed by atoms with Gasteiger partial charge in [0.2, 0.25) is 0 Å². The van der Waals surface area contributed by atoms with E-state index in [-0.39, 0.29) is 6.61 Å². The molecule has 156 valence electrons. The molecule has 0 saturated carbocycles. The van der Waals surface area contributed by atoms with Crippen LogP contribution in [-0.4, -0.2) is 38.7 Å². The number of rotatable bonds is 10. The number of nitrogens with two attached hydrogens (primary N) is 1. The number of methoxy groups -OCH3 is 1. The maximum absolute atomic E-state index is 10.9. The van der Waals surface area contributed by atoms with E-state index in [1.807, 2.05) is 37.3 Å². The smallest absolute Gasteiger partial charge is 0.255 e. The lowest BCUT2D eigenvalue weighted by molar-refractivity contribution is -0.119. The van der Waals surface area contributed by atoms with Crippen LogP contribution in [0.3, 0.4) is 0 Å². The van der Waals surface area contributed by atoms with Crippen LogP contribution in [0, 0.1) is 6.92 Å². The summed E-state index contributed by atoms with van der Waals surface area (Å²) in [5.74, 6) is 1.73. The topological polar surface area (TPSA) is 98.0 Å². The molecule has 4 N–H and O–H groups in total. The predicted octanol–water partition coefficient (Wildman–Crippen LogP) is 2.17. The van der Waals surface area contributed by atoms with Crippen molar-refractivity contribution < 1.29 is 14.3 Å². The first-order valence-corrected chi connectivity index (χ1v) is 9.67. The van der Waals surface area contributed by atoms with Gasteiger partial charge in [-0.05, 0) is 49.6 Å². The van der Waals surface area contributed by atoms with E-state index in [4.69, 9.17) is 15.2 Å². The third-order valence-electron chi connectivity index (χ3n) is 4.17. The van der Waals surface area contributed by atoms with Gasteiger partial charge in [0.1, 0.15) is 11.5 Å². The molecule has 0 saturated heterocycles. The minimum atomic E-state index is -0.503. The zero-order chi connectivity index (χ0) is 21.1. The average molecular weight is 399 g/mol. The number of ether oxygens (including phenoxy) is 2. The number of benzene rings is 2. The van der Waals surface area contributed by atoms with Gasteiger partial charge in [0, 0.05) is 13.1 Å². The first kappa shape index (κ1) is 22.1. The Morgan fingerprint density at radius 2 is 2.00 bits per heavy atom. The first-order valence-electron chi connectivity index (χ1n) is 9.67. The number of amides is 1. The normalized spacial score (nSPS) is 11.1. The standard InChI is InChI=1S/C22H30N4O3/c1-4-24-22(25-11-10-18-12-16(2)8-9-20(18)28-3)26-14-17-6-5-7-19(13-17)29-15-21(23)27/h5-9,12-13H,4,10-11,14-15H2,1-3H3,(H2,23,27)(H2,24,25,26). The molecule has 2 rings (SSSR count). The van der Waals surface area contributed by atoms with Crippen molar-refractivity contribution in [2.45, 2.75) is 26.8 Å². The minimum Gasteiger partial charge on any atom is -0.496 e. The number of hydrogen-bond acceptors (Lipinski definition) is 4. The van der Waals surface area contributed by atoms with E-state index in [9.17, 15) is 4.79 Å². The molecular weight excluding hydrogens is 368 g/mol. The number of hydrogen-bond donors (Lipinski definition) is 3. The van der Waals surface area contributed by atoms with Crippen LogP contribution < -0.4 is 25.8 Å². The van der Waals surface area contributed by atoms with Crippen LogP contribution in [0.5, 0.6) is 11.5 Å². The van der Waals surface area contributed by atoms with E-state index >= 15 is 0 Å². The quantitative estimate of drug-likeness (QED) is 0.421. The highest BCUT2D eigenvalue weighted by Gasteiger charge is 2.05. The lowest BCUT2D eigenvalue weighted by Crippen LogP contribution is -2.38. The van der Waals surface area contributed by atoms with Gasteiger partial charge < -0.3 is 25.8 Å². The SMILES string of the molecule is CCNC(=NCc1cccc(OCC(N)=O)c1)NCCc1cc(C)ccc1OC. The van der Waals surface area contributed by atoms with Crippen LogP contribution in [0.4, 0.5) is 0 Å². The molecule has 0 aromatic heterocycles. The second-order valence-corrected chi connectivity index (χ2v) is 6.59. The molecule has 0 aliphatic rings. The molecule has 7 nitrogen and oxygen atoms in total. The van der Waals surface area contributed by atoms with Crippen molar-refractivity contribution in [3.63, 3.8) is 0 Å². The molecule has 1 amide bonds. The van der Waals surface area contributed by atoms with E-state index in [2.05, 4.69) is 28.6 Å². The van der Waals surface area contributed by atoms with Crippen LogP contribution >= 0.6 is 0 Å². The summed E-state index contributed by atoms with van der Waals surface area (Å²) in [5, 5.41) is 6.60. The van der Waals surface area contributed by atoms with Crippen LogP contribution in [0.25, 0.3) is 0 Å². The highest BCUT2D eigenvalue weighted by atomic mass is 16.5. The van der Waals surface area contributed by atoms with Crippen molar-refractivity contribution in [2.75, 3.05) is 26.8 Å². The number of carbonyl (C=O) groups excluding carboxylic acids is 1. The summed E-state index contributed by atoms with van der Waals surface area (Å²) in [6.45, 7) is 5.94. The Kier molecular flexibility index (Phi) is 8.82. The van der Waals surface area contributed by atoms with Crippen molar-refractivity contribution in [3.05, 3.63) is 59.2 Å².